The Bertz CT molecular complexity index is 464. The molecule has 0 aliphatic carbocycles. The third-order valence-corrected chi connectivity index (χ3v) is 3.96. The maximum Gasteiger partial charge on any atom is 0.161 e. The largest absolute Gasteiger partial charge is 0.493 e. The molecule has 0 saturated carbocycles. The molecule has 0 bridgehead atoms. The van der Waals surface area contributed by atoms with Gasteiger partial charge in [-0.2, -0.15) is 0 Å². The van der Waals surface area contributed by atoms with Crippen molar-refractivity contribution in [2.75, 3.05) is 33.9 Å². The van der Waals surface area contributed by atoms with E-state index >= 15 is 0 Å². The first-order valence-electron chi connectivity index (χ1n) is 7.32. The van der Waals surface area contributed by atoms with Crippen molar-refractivity contribution in [1.29, 1.82) is 0 Å². The monoisotopic (exact) mass is 295 g/mol. The number of rotatable bonds is 5. The predicted molar refractivity (Wildman–Crippen MR) is 81.0 cm³/mol. The highest BCUT2D eigenvalue weighted by atomic mass is 16.5. The normalized spacial score (nSPS) is 21.3. The van der Waals surface area contributed by atoms with E-state index in [0.717, 1.165) is 18.7 Å². The molecule has 1 saturated heterocycles. The average Bonchev–Trinajstić information content (AvgIpc) is 2.53. The number of morpholine rings is 1. The van der Waals surface area contributed by atoms with E-state index < -0.39 is 6.10 Å². The summed E-state index contributed by atoms with van der Waals surface area (Å²) in [4.78, 5) is 2.32. The van der Waals surface area contributed by atoms with Crippen LogP contribution in [0.4, 0.5) is 0 Å². The van der Waals surface area contributed by atoms with Crippen LogP contribution < -0.4 is 9.47 Å². The highest BCUT2D eigenvalue weighted by molar-refractivity contribution is 5.43. The van der Waals surface area contributed by atoms with Crippen LogP contribution in [-0.4, -0.2) is 56.1 Å². The van der Waals surface area contributed by atoms with Crippen molar-refractivity contribution in [2.45, 2.75) is 32.1 Å². The maximum atomic E-state index is 10.6. The number of aliphatic hydroxyl groups is 1. The van der Waals surface area contributed by atoms with Gasteiger partial charge in [-0.25, -0.2) is 0 Å². The van der Waals surface area contributed by atoms with Crippen LogP contribution in [-0.2, 0) is 4.74 Å². The molecule has 1 N–H and O–H groups in total. The van der Waals surface area contributed by atoms with E-state index in [1.54, 1.807) is 26.4 Å². The minimum Gasteiger partial charge on any atom is -0.493 e. The zero-order valence-corrected chi connectivity index (χ0v) is 13.2. The van der Waals surface area contributed by atoms with Crippen molar-refractivity contribution < 1.29 is 19.3 Å². The highest BCUT2D eigenvalue weighted by Crippen LogP contribution is 2.32. The Balaban J connectivity index is 2.13. The summed E-state index contributed by atoms with van der Waals surface area (Å²) < 4.78 is 16.2. The summed E-state index contributed by atoms with van der Waals surface area (Å²) >= 11 is 0. The first kappa shape index (κ1) is 16.1. The van der Waals surface area contributed by atoms with Crippen LogP contribution in [0.25, 0.3) is 0 Å². The summed E-state index contributed by atoms with van der Waals surface area (Å²) in [5, 5.41) is 10.6. The summed E-state index contributed by atoms with van der Waals surface area (Å²) in [6, 6.07) is 5.92. The molecule has 5 heteroatoms. The van der Waals surface area contributed by atoms with Gasteiger partial charge in [0.1, 0.15) is 12.2 Å². The number of hydrogen-bond donors (Lipinski definition) is 1. The lowest BCUT2D eigenvalue weighted by atomic mass is 10.0. The molecule has 1 aliphatic heterocycles. The zero-order chi connectivity index (χ0) is 15.4. The Hall–Kier alpha value is -1.30. The van der Waals surface area contributed by atoms with E-state index in [0.29, 0.717) is 24.1 Å². The van der Waals surface area contributed by atoms with Gasteiger partial charge in [0.05, 0.1) is 20.8 Å². The number of benzene rings is 1. The van der Waals surface area contributed by atoms with Gasteiger partial charge in [0, 0.05) is 19.1 Å². The third kappa shape index (κ3) is 3.67. The Morgan fingerprint density at radius 1 is 1.24 bits per heavy atom. The van der Waals surface area contributed by atoms with Crippen LogP contribution in [0.15, 0.2) is 18.2 Å². The summed E-state index contributed by atoms with van der Waals surface area (Å²) in [5.41, 5.74) is 0.781. The second kappa shape index (κ2) is 7.11. The molecule has 0 spiro atoms. The molecule has 21 heavy (non-hydrogen) atoms. The van der Waals surface area contributed by atoms with Crippen LogP contribution in [0.3, 0.4) is 0 Å². The van der Waals surface area contributed by atoms with E-state index in [9.17, 15) is 5.11 Å². The fourth-order valence-electron chi connectivity index (χ4n) is 2.61. The first-order valence-corrected chi connectivity index (χ1v) is 7.32. The molecule has 1 aromatic carbocycles. The molecule has 118 valence electrons. The van der Waals surface area contributed by atoms with Crippen LogP contribution in [0.5, 0.6) is 11.5 Å². The van der Waals surface area contributed by atoms with E-state index in [-0.39, 0.29) is 6.10 Å². The number of nitrogens with zero attached hydrogens (tertiary/aromatic N) is 1. The van der Waals surface area contributed by atoms with Crippen LogP contribution >= 0.6 is 0 Å². The lowest BCUT2D eigenvalue weighted by Gasteiger charge is -2.37. The van der Waals surface area contributed by atoms with Gasteiger partial charge in [-0.05, 0) is 31.5 Å². The van der Waals surface area contributed by atoms with Crippen molar-refractivity contribution in [3.8, 4) is 11.5 Å². The van der Waals surface area contributed by atoms with Crippen molar-refractivity contribution in [2.24, 2.45) is 0 Å². The molecule has 5 nitrogen and oxygen atoms in total. The van der Waals surface area contributed by atoms with Gasteiger partial charge in [0.15, 0.2) is 11.5 Å². The number of hydrogen-bond acceptors (Lipinski definition) is 5. The molecule has 0 aromatic heterocycles. The molecular weight excluding hydrogens is 270 g/mol. The Morgan fingerprint density at radius 3 is 2.57 bits per heavy atom. The molecule has 2 rings (SSSR count). The van der Waals surface area contributed by atoms with Gasteiger partial charge < -0.3 is 19.3 Å². The summed E-state index contributed by atoms with van der Waals surface area (Å²) in [7, 11) is 3.18. The smallest absolute Gasteiger partial charge is 0.161 e. The fraction of sp³-hybridized carbons (Fsp3) is 0.625. The predicted octanol–water partition coefficient (Wildman–Crippen LogP) is 1.85. The fourth-order valence-corrected chi connectivity index (χ4v) is 2.61. The Kier molecular flexibility index (Phi) is 5.45. The van der Waals surface area contributed by atoms with Gasteiger partial charge in [0.2, 0.25) is 0 Å². The van der Waals surface area contributed by atoms with E-state index in [4.69, 9.17) is 14.2 Å². The van der Waals surface area contributed by atoms with Crippen LogP contribution in [0, 0.1) is 0 Å². The second-order valence-corrected chi connectivity index (χ2v) is 5.56. The van der Waals surface area contributed by atoms with Crippen LogP contribution in [0.1, 0.15) is 25.5 Å². The summed E-state index contributed by atoms with van der Waals surface area (Å²) in [6.07, 6.45) is -0.898. The van der Waals surface area contributed by atoms with Gasteiger partial charge in [-0.1, -0.05) is 6.07 Å². The van der Waals surface area contributed by atoms with Gasteiger partial charge in [-0.3, -0.25) is 4.90 Å². The number of methoxy groups -OCH3 is 2. The van der Waals surface area contributed by atoms with E-state index in [1.807, 2.05) is 6.07 Å². The van der Waals surface area contributed by atoms with Crippen LogP contribution in [0.2, 0.25) is 0 Å². The number of aliphatic hydroxyl groups excluding tert-OH is 1. The lowest BCUT2D eigenvalue weighted by Crippen LogP contribution is -2.47. The minimum atomic E-state index is -0.675. The minimum absolute atomic E-state index is 0.223. The summed E-state index contributed by atoms with van der Waals surface area (Å²) in [5.74, 6) is 1.27. The third-order valence-electron chi connectivity index (χ3n) is 3.96. The molecule has 2 unspecified atom stereocenters. The molecule has 0 radical (unpaired) electrons. The summed E-state index contributed by atoms with van der Waals surface area (Å²) in [6.45, 7) is 6.60. The Labute approximate surface area is 126 Å². The van der Waals surface area contributed by atoms with Crippen molar-refractivity contribution >= 4 is 0 Å². The SMILES string of the molecule is COc1ccc(C(O)C2CN(C(C)C)CCO2)cc1OC. The molecule has 1 aromatic rings. The maximum absolute atomic E-state index is 10.6. The van der Waals surface area contributed by atoms with Crippen molar-refractivity contribution in [1.82, 2.24) is 4.90 Å². The lowest BCUT2D eigenvalue weighted by molar-refractivity contribution is -0.0961. The molecule has 1 fully saturated rings. The first-order chi connectivity index (χ1) is 10.1. The molecule has 1 aliphatic rings. The van der Waals surface area contributed by atoms with Gasteiger partial charge in [-0.15, -0.1) is 0 Å². The standard InChI is InChI=1S/C16H25NO4/c1-11(2)17-7-8-21-15(10-17)16(18)12-5-6-13(19-3)14(9-12)20-4/h5-6,9,11,15-16,18H,7-8,10H2,1-4H3. The van der Waals surface area contributed by atoms with E-state index in [2.05, 4.69) is 18.7 Å². The zero-order valence-electron chi connectivity index (χ0n) is 13.2. The number of ether oxygens (including phenoxy) is 3. The van der Waals surface area contributed by atoms with Crippen molar-refractivity contribution in [3.63, 3.8) is 0 Å². The molecule has 0 amide bonds. The van der Waals surface area contributed by atoms with E-state index in [1.165, 1.54) is 0 Å². The average molecular weight is 295 g/mol. The quantitative estimate of drug-likeness (QED) is 0.898. The topological polar surface area (TPSA) is 51.2 Å². The van der Waals surface area contributed by atoms with Gasteiger partial charge >= 0.3 is 0 Å². The molecule has 2 atom stereocenters. The van der Waals surface area contributed by atoms with Gasteiger partial charge in [0.25, 0.3) is 0 Å². The molecular formula is C16H25NO4. The molecule has 1 heterocycles. The Morgan fingerprint density at radius 2 is 1.95 bits per heavy atom. The highest BCUT2D eigenvalue weighted by Gasteiger charge is 2.29. The van der Waals surface area contributed by atoms with Crippen molar-refractivity contribution in [3.05, 3.63) is 23.8 Å². The second-order valence-electron chi connectivity index (χ2n) is 5.56.